The third-order valence-corrected chi connectivity index (χ3v) is 2.66. The Labute approximate surface area is 97.7 Å². The molecule has 3 heterocycles. The van der Waals surface area contributed by atoms with Crippen molar-refractivity contribution in [2.75, 3.05) is 11.5 Å². The number of anilines is 2. The van der Waals surface area contributed by atoms with Crippen molar-refractivity contribution in [2.45, 2.75) is 0 Å². The summed E-state index contributed by atoms with van der Waals surface area (Å²) in [6, 6.07) is 9.47. The minimum absolute atomic E-state index is 0.419. The second-order valence-electron chi connectivity index (χ2n) is 3.76. The summed E-state index contributed by atoms with van der Waals surface area (Å²) < 4.78 is 1.80. The first-order valence-corrected chi connectivity index (χ1v) is 5.20. The molecule has 0 aliphatic heterocycles. The number of nitrogens with zero attached hydrogens (tertiary/aromatic N) is 3. The van der Waals surface area contributed by atoms with Gasteiger partial charge in [-0.1, -0.05) is 6.07 Å². The second-order valence-corrected chi connectivity index (χ2v) is 3.76. The number of fused-ring (bicyclic) bond motifs is 1. The topological polar surface area (TPSA) is 82.2 Å². The van der Waals surface area contributed by atoms with Gasteiger partial charge in [-0.05, 0) is 24.3 Å². The van der Waals surface area contributed by atoms with Crippen LogP contribution in [0.5, 0.6) is 0 Å². The molecule has 0 bridgehead atoms. The summed E-state index contributed by atoms with van der Waals surface area (Å²) in [6.07, 6.45) is 3.67. The van der Waals surface area contributed by atoms with E-state index >= 15 is 0 Å². The summed E-state index contributed by atoms with van der Waals surface area (Å²) >= 11 is 0. The molecule has 3 aromatic heterocycles. The molecular weight excluding hydrogens is 214 g/mol. The lowest BCUT2D eigenvalue weighted by atomic mass is 10.1. The van der Waals surface area contributed by atoms with Gasteiger partial charge in [0.15, 0.2) is 0 Å². The fourth-order valence-corrected chi connectivity index (χ4v) is 1.86. The molecule has 5 nitrogen and oxygen atoms in total. The summed E-state index contributed by atoms with van der Waals surface area (Å²) in [5.74, 6) is 0.839. The maximum absolute atomic E-state index is 5.88. The first-order valence-electron chi connectivity index (χ1n) is 5.20. The van der Waals surface area contributed by atoms with E-state index in [2.05, 4.69) is 10.1 Å². The molecule has 0 radical (unpaired) electrons. The van der Waals surface area contributed by atoms with Crippen LogP contribution in [0, 0.1) is 0 Å². The third-order valence-electron chi connectivity index (χ3n) is 2.66. The van der Waals surface area contributed by atoms with Crippen LogP contribution < -0.4 is 11.5 Å². The van der Waals surface area contributed by atoms with E-state index in [1.54, 1.807) is 16.8 Å². The highest BCUT2D eigenvalue weighted by molar-refractivity contribution is 5.85. The molecule has 0 spiro atoms. The van der Waals surface area contributed by atoms with Crippen LogP contribution in [0.3, 0.4) is 0 Å². The van der Waals surface area contributed by atoms with Gasteiger partial charge in [-0.25, -0.2) is 9.50 Å². The smallest absolute Gasteiger partial charge is 0.133 e. The number of hydrogen-bond acceptors (Lipinski definition) is 4. The number of hydrogen-bond donors (Lipinski definition) is 2. The van der Waals surface area contributed by atoms with Gasteiger partial charge in [0.2, 0.25) is 0 Å². The lowest BCUT2D eigenvalue weighted by Crippen LogP contribution is -1.97. The van der Waals surface area contributed by atoms with Crippen molar-refractivity contribution in [3.63, 3.8) is 0 Å². The van der Waals surface area contributed by atoms with E-state index in [0.29, 0.717) is 11.6 Å². The quantitative estimate of drug-likeness (QED) is 0.658. The molecule has 0 atom stereocenters. The van der Waals surface area contributed by atoms with E-state index in [1.165, 1.54) is 0 Å². The van der Waals surface area contributed by atoms with Gasteiger partial charge in [-0.2, -0.15) is 5.10 Å². The Balaban J connectivity index is 2.27. The maximum Gasteiger partial charge on any atom is 0.133 e. The molecular formula is C12H11N5. The lowest BCUT2D eigenvalue weighted by molar-refractivity contribution is 0.961. The van der Waals surface area contributed by atoms with Gasteiger partial charge in [-0.15, -0.1) is 0 Å². The van der Waals surface area contributed by atoms with E-state index < -0.39 is 0 Å². The van der Waals surface area contributed by atoms with Crippen LogP contribution in [0.4, 0.5) is 11.6 Å². The standard InChI is InChI=1S/C12H11N5/c13-11-5-4-8(12(14)16-11)9-7-15-17-6-2-1-3-10(9)17/h1-7H,(H4,13,14,16). The number of nitrogens with two attached hydrogens (primary N) is 2. The molecule has 5 heteroatoms. The molecule has 0 aliphatic carbocycles. The molecule has 0 unspecified atom stereocenters. The highest BCUT2D eigenvalue weighted by Crippen LogP contribution is 2.28. The Morgan fingerprint density at radius 3 is 2.71 bits per heavy atom. The molecule has 84 valence electrons. The molecule has 3 aromatic rings. The average molecular weight is 225 g/mol. The van der Waals surface area contributed by atoms with Gasteiger partial charge in [0.05, 0.1) is 11.7 Å². The monoisotopic (exact) mass is 225 g/mol. The number of nitrogen functional groups attached to an aromatic ring is 2. The van der Waals surface area contributed by atoms with Crippen LogP contribution in [0.2, 0.25) is 0 Å². The number of pyridine rings is 2. The Kier molecular flexibility index (Phi) is 1.98. The molecule has 0 saturated heterocycles. The van der Waals surface area contributed by atoms with Crippen molar-refractivity contribution in [3.05, 3.63) is 42.7 Å². The first-order chi connectivity index (χ1) is 8.25. The highest BCUT2D eigenvalue weighted by Gasteiger charge is 2.09. The maximum atomic E-state index is 5.88. The molecule has 0 aromatic carbocycles. The largest absolute Gasteiger partial charge is 0.384 e. The van der Waals surface area contributed by atoms with Crippen molar-refractivity contribution in [3.8, 4) is 11.1 Å². The predicted molar refractivity (Wildman–Crippen MR) is 67.2 cm³/mol. The van der Waals surface area contributed by atoms with E-state index in [9.17, 15) is 0 Å². The van der Waals surface area contributed by atoms with Crippen molar-refractivity contribution < 1.29 is 0 Å². The van der Waals surface area contributed by atoms with E-state index in [1.807, 2.05) is 30.5 Å². The summed E-state index contributed by atoms with van der Waals surface area (Å²) in [6.45, 7) is 0. The van der Waals surface area contributed by atoms with Crippen LogP contribution in [-0.4, -0.2) is 14.6 Å². The van der Waals surface area contributed by atoms with Crippen LogP contribution >= 0.6 is 0 Å². The minimum Gasteiger partial charge on any atom is -0.384 e. The highest BCUT2D eigenvalue weighted by atomic mass is 15.2. The van der Waals surface area contributed by atoms with Gasteiger partial charge in [0.25, 0.3) is 0 Å². The van der Waals surface area contributed by atoms with Crippen molar-refractivity contribution in [1.82, 2.24) is 14.6 Å². The average Bonchev–Trinajstić information content (AvgIpc) is 2.73. The van der Waals surface area contributed by atoms with Crippen LogP contribution in [0.15, 0.2) is 42.7 Å². The zero-order valence-corrected chi connectivity index (χ0v) is 9.04. The molecule has 0 aliphatic rings. The molecule has 4 N–H and O–H groups in total. The zero-order valence-electron chi connectivity index (χ0n) is 9.04. The van der Waals surface area contributed by atoms with Gasteiger partial charge in [-0.3, -0.25) is 0 Å². The van der Waals surface area contributed by atoms with E-state index in [4.69, 9.17) is 11.5 Å². The Hall–Kier alpha value is -2.56. The number of aromatic nitrogens is 3. The fourth-order valence-electron chi connectivity index (χ4n) is 1.86. The normalized spacial score (nSPS) is 10.8. The van der Waals surface area contributed by atoms with Crippen molar-refractivity contribution in [1.29, 1.82) is 0 Å². The second kappa shape index (κ2) is 3.48. The third kappa shape index (κ3) is 1.48. The predicted octanol–water partition coefficient (Wildman–Crippen LogP) is 1.56. The van der Waals surface area contributed by atoms with Gasteiger partial charge in [0.1, 0.15) is 11.6 Å². The summed E-state index contributed by atoms with van der Waals surface area (Å²) in [7, 11) is 0. The van der Waals surface area contributed by atoms with Gasteiger partial charge in [0, 0.05) is 17.3 Å². The van der Waals surface area contributed by atoms with E-state index in [0.717, 1.165) is 16.6 Å². The van der Waals surface area contributed by atoms with Crippen molar-refractivity contribution >= 4 is 17.2 Å². The first kappa shape index (κ1) is 9.65. The summed E-state index contributed by atoms with van der Waals surface area (Å²) in [4.78, 5) is 4.05. The van der Waals surface area contributed by atoms with Gasteiger partial charge < -0.3 is 11.5 Å². The number of rotatable bonds is 1. The fraction of sp³-hybridized carbons (Fsp3) is 0. The van der Waals surface area contributed by atoms with E-state index in [-0.39, 0.29) is 0 Å². The van der Waals surface area contributed by atoms with Gasteiger partial charge >= 0.3 is 0 Å². The minimum atomic E-state index is 0.419. The summed E-state index contributed by atoms with van der Waals surface area (Å²) in [5, 5.41) is 4.26. The Morgan fingerprint density at radius 2 is 1.88 bits per heavy atom. The lowest BCUT2D eigenvalue weighted by Gasteiger charge is -2.03. The van der Waals surface area contributed by atoms with Crippen LogP contribution in [0.25, 0.3) is 16.6 Å². The SMILES string of the molecule is Nc1ccc(-c2cnn3ccccc23)c(N)n1. The molecule has 0 saturated carbocycles. The molecule has 17 heavy (non-hydrogen) atoms. The van der Waals surface area contributed by atoms with Crippen LogP contribution in [0.1, 0.15) is 0 Å². The zero-order chi connectivity index (χ0) is 11.8. The Morgan fingerprint density at radius 1 is 1.00 bits per heavy atom. The van der Waals surface area contributed by atoms with Crippen molar-refractivity contribution in [2.24, 2.45) is 0 Å². The molecule has 0 fully saturated rings. The molecule has 0 amide bonds. The Bertz CT molecular complexity index is 686. The summed E-state index contributed by atoms with van der Waals surface area (Å²) in [5.41, 5.74) is 14.3. The van der Waals surface area contributed by atoms with Crippen LogP contribution in [-0.2, 0) is 0 Å². The molecule has 3 rings (SSSR count).